The van der Waals surface area contributed by atoms with Crippen molar-refractivity contribution in [3.05, 3.63) is 95.6 Å². The summed E-state index contributed by atoms with van der Waals surface area (Å²) in [5, 5.41) is 0. The minimum atomic E-state index is -0.565. The predicted molar refractivity (Wildman–Crippen MR) is 114 cm³/mol. The van der Waals surface area contributed by atoms with Gasteiger partial charge in [0, 0.05) is 5.56 Å². The molecule has 0 N–H and O–H groups in total. The van der Waals surface area contributed by atoms with Crippen LogP contribution in [0.2, 0.25) is 0 Å². The smallest absolute Gasteiger partial charge is 0.172 e. The SMILES string of the molecule is CC(C)(C)c1ccc(C(C)(C)C(=O)c2ccc(-c3ccccc3)cc2)cc1. The summed E-state index contributed by atoms with van der Waals surface area (Å²) >= 11 is 0. The van der Waals surface area contributed by atoms with Crippen molar-refractivity contribution < 1.29 is 4.79 Å². The lowest BCUT2D eigenvalue weighted by molar-refractivity contribution is 0.0909. The zero-order valence-corrected chi connectivity index (χ0v) is 16.9. The maximum atomic E-state index is 13.2. The van der Waals surface area contributed by atoms with Crippen molar-refractivity contribution in [3.63, 3.8) is 0 Å². The normalized spacial score (nSPS) is 12.0. The molecule has 138 valence electrons. The Hall–Kier alpha value is -2.67. The van der Waals surface area contributed by atoms with E-state index in [4.69, 9.17) is 0 Å². The Labute approximate surface area is 163 Å². The first-order chi connectivity index (χ1) is 12.7. The molecule has 3 aromatic rings. The van der Waals surface area contributed by atoms with E-state index in [1.165, 1.54) is 5.56 Å². The molecule has 0 bridgehead atoms. The van der Waals surface area contributed by atoms with Gasteiger partial charge in [-0.05, 0) is 41.5 Å². The molecule has 1 heteroatoms. The van der Waals surface area contributed by atoms with Gasteiger partial charge in [0.05, 0.1) is 5.41 Å². The van der Waals surface area contributed by atoms with Crippen LogP contribution in [-0.4, -0.2) is 5.78 Å². The van der Waals surface area contributed by atoms with Gasteiger partial charge in [0.1, 0.15) is 0 Å². The fraction of sp³-hybridized carbons (Fsp3) is 0.269. The van der Waals surface area contributed by atoms with Crippen LogP contribution in [0, 0.1) is 0 Å². The van der Waals surface area contributed by atoms with Gasteiger partial charge in [0.15, 0.2) is 5.78 Å². The molecular weight excluding hydrogens is 328 g/mol. The molecule has 27 heavy (non-hydrogen) atoms. The van der Waals surface area contributed by atoms with Crippen molar-refractivity contribution in [1.29, 1.82) is 0 Å². The summed E-state index contributed by atoms with van der Waals surface area (Å²) < 4.78 is 0. The first-order valence-electron chi connectivity index (χ1n) is 9.51. The Balaban J connectivity index is 1.85. The molecule has 0 fully saturated rings. The number of benzene rings is 3. The van der Waals surface area contributed by atoms with Crippen LogP contribution >= 0.6 is 0 Å². The monoisotopic (exact) mass is 356 g/mol. The Bertz CT molecular complexity index is 909. The van der Waals surface area contributed by atoms with Crippen molar-refractivity contribution in [1.82, 2.24) is 0 Å². The van der Waals surface area contributed by atoms with E-state index in [2.05, 4.69) is 57.2 Å². The third kappa shape index (κ3) is 4.03. The van der Waals surface area contributed by atoms with Crippen LogP contribution in [-0.2, 0) is 10.8 Å². The largest absolute Gasteiger partial charge is 0.293 e. The quantitative estimate of drug-likeness (QED) is 0.469. The molecule has 3 aromatic carbocycles. The van der Waals surface area contributed by atoms with E-state index >= 15 is 0 Å². The van der Waals surface area contributed by atoms with Crippen molar-refractivity contribution in [2.24, 2.45) is 0 Å². The van der Waals surface area contributed by atoms with E-state index in [-0.39, 0.29) is 11.2 Å². The molecule has 0 saturated heterocycles. The second kappa shape index (κ2) is 7.15. The van der Waals surface area contributed by atoms with Crippen molar-refractivity contribution in [3.8, 4) is 11.1 Å². The maximum absolute atomic E-state index is 13.2. The molecule has 0 aliphatic carbocycles. The van der Waals surface area contributed by atoms with Gasteiger partial charge in [0.2, 0.25) is 0 Å². The zero-order chi connectivity index (χ0) is 19.7. The molecule has 0 aliphatic heterocycles. The number of Topliss-reactive ketones (excluding diaryl/α,β-unsaturated/α-hetero) is 1. The van der Waals surface area contributed by atoms with Gasteiger partial charge in [-0.1, -0.05) is 99.6 Å². The van der Waals surface area contributed by atoms with Crippen LogP contribution in [0.15, 0.2) is 78.9 Å². The van der Waals surface area contributed by atoms with Crippen LogP contribution in [0.1, 0.15) is 56.1 Å². The molecular formula is C26H28O. The zero-order valence-electron chi connectivity index (χ0n) is 16.9. The number of carbonyl (C=O) groups is 1. The summed E-state index contributed by atoms with van der Waals surface area (Å²) in [6, 6.07) is 26.6. The molecule has 0 spiro atoms. The van der Waals surface area contributed by atoms with Crippen LogP contribution in [0.3, 0.4) is 0 Å². The summed E-state index contributed by atoms with van der Waals surface area (Å²) in [5.41, 5.74) is 4.91. The molecule has 0 aliphatic rings. The number of carbonyl (C=O) groups excluding carboxylic acids is 1. The molecule has 3 rings (SSSR count). The van der Waals surface area contributed by atoms with Gasteiger partial charge >= 0.3 is 0 Å². The topological polar surface area (TPSA) is 17.1 Å². The molecule has 0 unspecified atom stereocenters. The van der Waals surface area contributed by atoms with E-state index in [0.29, 0.717) is 0 Å². The lowest BCUT2D eigenvalue weighted by Gasteiger charge is -2.26. The molecule has 0 amide bonds. The van der Waals surface area contributed by atoms with Gasteiger partial charge in [-0.3, -0.25) is 4.79 Å². The molecule has 0 radical (unpaired) electrons. The fourth-order valence-corrected chi connectivity index (χ4v) is 3.32. The van der Waals surface area contributed by atoms with Gasteiger partial charge in [-0.2, -0.15) is 0 Å². The minimum Gasteiger partial charge on any atom is -0.293 e. The summed E-state index contributed by atoms with van der Waals surface area (Å²) in [7, 11) is 0. The van der Waals surface area contributed by atoms with E-state index in [0.717, 1.165) is 22.3 Å². The van der Waals surface area contributed by atoms with E-state index in [1.807, 2.05) is 56.3 Å². The van der Waals surface area contributed by atoms with Crippen molar-refractivity contribution >= 4 is 5.78 Å². The molecule has 0 saturated carbocycles. The fourth-order valence-electron chi connectivity index (χ4n) is 3.32. The highest BCUT2D eigenvalue weighted by Crippen LogP contribution is 2.31. The first-order valence-corrected chi connectivity index (χ1v) is 9.51. The average molecular weight is 357 g/mol. The maximum Gasteiger partial charge on any atom is 0.172 e. The number of hydrogen-bond donors (Lipinski definition) is 0. The summed E-state index contributed by atoms with van der Waals surface area (Å²) in [6.07, 6.45) is 0. The standard InChI is InChI=1S/C26H28O/c1-25(2,3)22-15-17-23(18-16-22)26(4,5)24(27)21-13-11-20(12-14-21)19-9-7-6-8-10-19/h6-18H,1-5H3. The number of hydrogen-bond acceptors (Lipinski definition) is 1. The highest BCUT2D eigenvalue weighted by molar-refractivity contribution is 6.03. The van der Waals surface area contributed by atoms with Gasteiger partial charge in [-0.25, -0.2) is 0 Å². The molecule has 0 atom stereocenters. The van der Waals surface area contributed by atoms with E-state index < -0.39 is 5.41 Å². The first kappa shape index (κ1) is 19.1. The lowest BCUT2D eigenvalue weighted by Crippen LogP contribution is -2.29. The Morgan fingerprint density at radius 3 is 1.59 bits per heavy atom. The van der Waals surface area contributed by atoms with Gasteiger partial charge < -0.3 is 0 Å². The third-order valence-corrected chi connectivity index (χ3v) is 5.29. The van der Waals surface area contributed by atoms with Crippen LogP contribution in [0.25, 0.3) is 11.1 Å². The molecule has 1 nitrogen and oxygen atoms in total. The lowest BCUT2D eigenvalue weighted by atomic mass is 9.76. The summed E-state index contributed by atoms with van der Waals surface area (Å²) in [4.78, 5) is 13.2. The Morgan fingerprint density at radius 2 is 1.07 bits per heavy atom. The predicted octanol–water partition coefficient (Wildman–Crippen LogP) is 6.81. The highest BCUT2D eigenvalue weighted by Gasteiger charge is 2.31. The summed E-state index contributed by atoms with van der Waals surface area (Å²) in [5.74, 6) is 0.144. The van der Waals surface area contributed by atoms with E-state index in [9.17, 15) is 4.79 Å². The van der Waals surface area contributed by atoms with Crippen LogP contribution < -0.4 is 0 Å². The van der Waals surface area contributed by atoms with Crippen molar-refractivity contribution in [2.45, 2.75) is 45.4 Å². The third-order valence-electron chi connectivity index (χ3n) is 5.29. The highest BCUT2D eigenvalue weighted by atomic mass is 16.1. The second-order valence-corrected chi connectivity index (χ2v) is 8.72. The Kier molecular flexibility index (Phi) is 5.06. The van der Waals surface area contributed by atoms with E-state index in [1.54, 1.807) is 0 Å². The molecule has 0 aromatic heterocycles. The second-order valence-electron chi connectivity index (χ2n) is 8.72. The average Bonchev–Trinajstić information content (AvgIpc) is 2.67. The van der Waals surface area contributed by atoms with Crippen LogP contribution in [0.4, 0.5) is 0 Å². The van der Waals surface area contributed by atoms with Gasteiger partial charge in [0.25, 0.3) is 0 Å². The summed E-state index contributed by atoms with van der Waals surface area (Å²) in [6.45, 7) is 10.6. The molecule has 0 heterocycles. The number of ketones is 1. The Morgan fingerprint density at radius 1 is 0.593 bits per heavy atom. The van der Waals surface area contributed by atoms with Gasteiger partial charge in [-0.15, -0.1) is 0 Å². The van der Waals surface area contributed by atoms with Crippen molar-refractivity contribution in [2.75, 3.05) is 0 Å². The number of rotatable bonds is 4. The van der Waals surface area contributed by atoms with Crippen LogP contribution in [0.5, 0.6) is 0 Å². The minimum absolute atomic E-state index is 0.111.